The number of ether oxygens (including phenoxy) is 1. The van der Waals surface area contributed by atoms with Gasteiger partial charge < -0.3 is 15.0 Å². The largest absolute Gasteiger partial charge is 0.370 e. The average Bonchev–Trinajstić information content (AvgIpc) is 2.18. The third-order valence-electron chi connectivity index (χ3n) is 2.36. The molecule has 0 aromatic carbocycles. The van der Waals surface area contributed by atoms with Crippen molar-refractivity contribution in [2.45, 2.75) is 13.8 Å². The average molecular weight is 200 g/mol. The highest BCUT2D eigenvalue weighted by Crippen LogP contribution is 2.03. The lowest BCUT2D eigenvalue weighted by Crippen LogP contribution is -2.44. The summed E-state index contributed by atoms with van der Waals surface area (Å²) in [4.78, 5) is 13.3. The second kappa shape index (κ2) is 5.98. The van der Waals surface area contributed by atoms with Crippen LogP contribution in [0.4, 0.5) is 0 Å². The summed E-state index contributed by atoms with van der Waals surface area (Å²) in [5.41, 5.74) is 0. The van der Waals surface area contributed by atoms with Gasteiger partial charge in [-0.05, 0) is 19.0 Å². The summed E-state index contributed by atoms with van der Waals surface area (Å²) in [6.45, 7) is 8.73. The highest BCUT2D eigenvalue weighted by Gasteiger charge is 2.19. The molecule has 0 saturated carbocycles. The van der Waals surface area contributed by atoms with Crippen LogP contribution in [0.5, 0.6) is 0 Å². The lowest BCUT2D eigenvalue weighted by molar-refractivity contribution is -0.143. The molecule has 14 heavy (non-hydrogen) atoms. The Morgan fingerprint density at radius 1 is 1.64 bits per heavy atom. The van der Waals surface area contributed by atoms with Crippen LogP contribution in [-0.2, 0) is 9.53 Å². The smallest absolute Gasteiger partial charge is 0.248 e. The van der Waals surface area contributed by atoms with Gasteiger partial charge in [0.25, 0.3) is 0 Å². The molecule has 1 heterocycles. The molecule has 1 amide bonds. The number of hydrogen-bond acceptors (Lipinski definition) is 3. The highest BCUT2D eigenvalue weighted by atomic mass is 16.5. The molecule has 0 aromatic rings. The normalized spacial score (nSPS) is 19.9. The molecule has 1 rings (SSSR count). The molecule has 4 nitrogen and oxygen atoms in total. The second-order valence-corrected chi connectivity index (χ2v) is 3.81. The molecule has 1 atom stereocenters. The third-order valence-corrected chi connectivity index (χ3v) is 2.36. The number of carbonyl (C=O) groups is 1. The molecule has 82 valence electrons. The molecule has 1 aliphatic heterocycles. The van der Waals surface area contributed by atoms with Gasteiger partial charge in [-0.3, -0.25) is 4.79 Å². The topological polar surface area (TPSA) is 41.6 Å². The summed E-state index contributed by atoms with van der Waals surface area (Å²) in [6.07, 6.45) is 0. The Balaban J connectivity index is 2.23. The van der Waals surface area contributed by atoms with E-state index in [1.54, 1.807) is 0 Å². The van der Waals surface area contributed by atoms with Crippen LogP contribution in [0, 0.1) is 5.92 Å². The molecule has 0 radical (unpaired) electrons. The molecular weight excluding hydrogens is 180 g/mol. The maximum absolute atomic E-state index is 11.4. The summed E-state index contributed by atoms with van der Waals surface area (Å²) in [7, 11) is 0. The van der Waals surface area contributed by atoms with E-state index < -0.39 is 0 Å². The van der Waals surface area contributed by atoms with E-state index >= 15 is 0 Å². The van der Waals surface area contributed by atoms with Crippen molar-refractivity contribution >= 4 is 5.91 Å². The van der Waals surface area contributed by atoms with Crippen molar-refractivity contribution in [3.63, 3.8) is 0 Å². The minimum absolute atomic E-state index is 0.125. The van der Waals surface area contributed by atoms with E-state index in [-0.39, 0.29) is 12.5 Å². The van der Waals surface area contributed by atoms with E-state index in [2.05, 4.69) is 19.2 Å². The standard InChI is InChI=1S/C10H20N2O2/c1-3-11-6-9(2)7-12-4-5-14-8-10(12)13/h9,11H,3-8H2,1-2H3. The van der Waals surface area contributed by atoms with Crippen molar-refractivity contribution in [3.8, 4) is 0 Å². The van der Waals surface area contributed by atoms with E-state index in [0.29, 0.717) is 12.5 Å². The van der Waals surface area contributed by atoms with Gasteiger partial charge in [0.1, 0.15) is 6.61 Å². The van der Waals surface area contributed by atoms with Crippen LogP contribution in [0.2, 0.25) is 0 Å². The number of hydrogen-bond donors (Lipinski definition) is 1. The van der Waals surface area contributed by atoms with E-state index in [4.69, 9.17) is 4.74 Å². The van der Waals surface area contributed by atoms with Crippen molar-refractivity contribution in [1.29, 1.82) is 0 Å². The number of rotatable bonds is 5. The van der Waals surface area contributed by atoms with Crippen LogP contribution in [0.25, 0.3) is 0 Å². The highest BCUT2D eigenvalue weighted by molar-refractivity contribution is 5.77. The predicted octanol–water partition coefficient (Wildman–Crippen LogP) is 0.0908. The lowest BCUT2D eigenvalue weighted by atomic mass is 10.1. The first kappa shape index (κ1) is 11.5. The molecule has 1 aliphatic rings. The van der Waals surface area contributed by atoms with Crippen molar-refractivity contribution in [1.82, 2.24) is 10.2 Å². The second-order valence-electron chi connectivity index (χ2n) is 3.81. The number of carbonyl (C=O) groups excluding carboxylic acids is 1. The van der Waals surface area contributed by atoms with Gasteiger partial charge in [0, 0.05) is 13.1 Å². The summed E-state index contributed by atoms with van der Waals surface area (Å²) in [6, 6.07) is 0. The van der Waals surface area contributed by atoms with Gasteiger partial charge in [-0.25, -0.2) is 0 Å². The Kier molecular flexibility index (Phi) is 4.90. The zero-order valence-corrected chi connectivity index (χ0v) is 9.08. The summed E-state index contributed by atoms with van der Waals surface area (Å²) in [5.74, 6) is 0.636. The van der Waals surface area contributed by atoms with Crippen LogP contribution < -0.4 is 5.32 Å². The van der Waals surface area contributed by atoms with Crippen molar-refractivity contribution in [3.05, 3.63) is 0 Å². The molecule has 1 N–H and O–H groups in total. The SMILES string of the molecule is CCNCC(C)CN1CCOCC1=O. The molecule has 1 saturated heterocycles. The van der Waals surface area contributed by atoms with Crippen molar-refractivity contribution < 1.29 is 9.53 Å². The fourth-order valence-corrected chi connectivity index (χ4v) is 1.57. The minimum atomic E-state index is 0.125. The monoisotopic (exact) mass is 200 g/mol. The van der Waals surface area contributed by atoms with Gasteiger partial charge in [0.05, 0.1) is 6.61 Å². The fourth-order valence-electron chi connectivity index (χ4n) is 1.57. The first-order valence-electron chi connectivity index (χ1n) is 5.30. The lowest BCUT2D eigenvalue weighted by Gasteiger charge is -2.29. The first-order valence-corrected chi connectivity index (χ1v) is 5.30. The first-order chi connectivity index (χ1) is 6.74. The van der Waals surface area contributed by atoms with Gasteiger partial charge >= 0.3 is 0 Å². The van der Waals surface area contributed by atoms with Crippen LogP contribution in [-0.4, -0.2) is 50.2 Å². The van der Waals surface area contributed by atoms with Gasteiger partial charge in [0.15, 0.2) is 0 Å². The van der Waals surface area contributed by atoms with E-state index in [1.807, 2.05) is 4.90 Å². The van der Waals surface area contributed by atoms with Gasteiger partial charge in [-0.15, -0.1) is 0 Å². The molecule has 0 aliphatic carbocycles. The van der Waals surface area contributed by atoms with E-state index in [9.17, 15) is 4.79 Å². The molecule has 0 bridgehead atoms. The van der Waals surface area contributed by atoms with E-state index in [0.717, 1.165) is 26.2 Å². The van der Waals surface area contributed by atoms with Gasteiger partial charge in [0.2, 0.25) is 5.91 Å². The molecule has 1 unspecified atom stereocenters. The minimum Gasteiger partial charge on any atom is -0.370 e. The number of nitrogens with zero attached hydrogens (tertiary/aromatic N) is 1. The number of nitrogens with one attached hydrogen (secondary N) is 1. The zero-order valence-electron chi connectivity index (χ0n) is 9.08. The summed E-state index contributed by atoms with van der Waals surface area (Å²) in [5, 5.41) is 3.28. The summed E-state index contributed by atoms with van der Waals surface area (Å²) >= 11 is 0. The molecule has 1 fully saturated rings. The van der Waals surface area contributed by atoms with Gasteiger partial charge in [-0.1, -0.05) is 13.8 Å². The predicted molar refractivity (Wildman–Crippen MR) is 55.1 cm³/mol. The quantitative estimate of drug-likeness (QED) is 0.684. The Morgan fingerprint density at radius 2 is 2.43 bits per heavy atom. The Hall–Kier alpha value is -0.610. The molecule has 4 heteroatoms. The molecule has 0 aromatic heterocycles. The molecule has 0 spiro atoms. The summed E-state index contributed by atoms with van der Waals surface area (Å²) < 4.78 is 5.07. The van der Waals surface area contributed by atoms with Crippen molar-refractivity contribution in [2.75, 3.05) is 39.4 Å². The Morgan fingerprint density at radius 3 is 3.07 bits per heavy atom. The third kappa shape index (κ3) is 3.64. The van der Waals surface area contributed by atoms with Crippen molar-refractivity contribution in [2.24, 2.45) is 5.92 Å². The maximum Gasteiger partial charge on any atom is 0.248 e. The fraction of sp³-hybridized carbons (Fsp3) is 0.900. The van der Waals surface area contributed by atoms with Crippen LogP contribution in [0.3, 0.4) is 0 Å². The maximum atomic E-state index is 11.4. The van der Waals surface area contributed by atoms with Crippen LogP contribution >= 0.6 is 0 Å². The van der Waals surface area contributed by atoms with Gasteiger partial charge in [-0.2, -0.15) is 0 Å². The Labute approximate surface area is 85.6 Å². The number of amides is 1. The van der Waals surface area contributed by atoms with Crippen LogP contribution in [0.15, 0.2) is 0 Å². The van der Waals surface area contributed by atoms with E-state index in [1.165, 1.54) is 0 Å². The number of morpholine rings is 1. The zero-order chi connectivity index (χ0) is 10.4. The van der Waals surface area contributed by atoms with Crippen LogP contribution in [0.1, 0.15) is 13.8 Å². The molecular formula is C10H20N2O2. The Bertz CT molecular complexity index is 185.